The van der Waals surface area contributed by atoms with Crippen LogP contribution in [0.3, 0.4) is 0 Å². The summed E-state index contributed by atoms with van der Waals surface area (Å²) in [7, 11) is 1.46. The molecule has 2 nitrogen and oxygen atoms in total. The molecule has 0 amide bonds. The summed E-state index contributed by atoms with van der Waals surface area (Å²) in [5, 5.41) is 0. The number of rotatable bonds is 8. The molecule has 0 aliphatic heterocycles. The zero-order valence-corrected chi connectivity index (χ0v) is 11.6. The van der Waals surface area contributed by atoms with E-state index >= 15 is 0 Å². The Hall–Kier alpha value is -0.530. The zero-order chi connectivity index (χ0) is 12.6. The van der Waals surface area contributed by atoms with Gasteiger partial charge in [-0.1, -0.05) is 47.0 Å². The summed E-state index contributed by atoms with van der Waals surface area (Å²) in [4.78, 5) is 11.2. The first kappa shape index (κ1) is 15.5. The maximum absolute atomic E-state index is 11.2. The van der Waals surface area contributed by atoms with Crippen LogP contribution >= 0.6 is 0 Å². The third-order valence-corrected chi connectivity index (χ3v) is 3.44. The molecule has 0 aromatic carbocycles. The van der Waals surface area contributed by atoms with E-state index in [1.807, 2.05) is 6.92 Å². The Bertz CT molecular complexity index is 189. The fourth-order valence-corrected chi connectivity index (χ4v) is 2.06. The molecule has 96 valence electrons. The monoisotopic (exact) mass is 228 g/mol. The molecule has 16 heavy (non-hydrogen) atoms. The van der Waals surface area contributed by atoms with Crippen molar-refractivity contribution in [3.8, 4) is 0 Å². The molecule has 0 aromatic rings. The summed E-state index contributed by atoms with van der Waals surface area (Å²) in [6.07, 6.45) is 5.89. The lowest BCUT2D eigenvalue weighted by atomic mass is 9.90. The molecule has 0 aliphatic rings. The average molecular weight is 228 g/mol. The van der Waals surface area contributed by atoms with Crippen molar-refractivity contribution in [1.82, 2.24) is 0 Å². The minimum Gasteiger partial charge on any atom is -0.469 e. The van der Waals surface area contributed by atoms with Crippen molar-refractivity contribution in [3.05, 3.63) is 0 Å². The normalized spacial score (nSPS) is 16.6. The molecule has 0 spiro atoms. The van der Waals surface area contributed by atoms with E-state index in [-0.39, 0.29) is 11.9 Å². The molecular weight excluding hydrogens is 200 g/mol. The predicted octanol–water partition coefficient (Wildman–Crippen LogP) is 4.04. The second-order valence-corrected chi connectivity index (χ2v) is 5.21. The number of carbonyl (C=O) groups excluding carboxylic acids is 1. The lowest BCUT2D eigenvalue weighted by molar-refractivity contribution is -0.145. The van der Waals surface area contributed by atoms with Crippen LogP contribution in [0.4, 0.5) is 0 Å². The minimum absolute atomic E-state index is 0.0563. The molecule has 0 bridgehead atoms. The van der Waals surface area contributed by atoms with Crippen LogP contribution in [0, 0.1) is 17.8 Å². The van der Waals surface area contributed by atoms with Gasteiger partial charge in [0, 0.05) is 0 Å². The van der Waals surface area contributed by atoms with E-state index in [9.17, 15) is 4.79 Å². The molecule has 0 saturated carbocycles. The van der Waals surface area contributed by atoms with Gasteiger partial charge in [-0.05, 0) is 24.7 Å². The second kappa shape index (κ2) is 8.60. The first-order valence-electron chi connectivity index (χ1n) is 6.59. The maximum Gasteiger partial charge on any atom is 0.308 e. The van der Waals surface area contributed by atoms with Crippen molar-refractivity contribution < 1.29 is 9.53 Å². The highest BCUT2D eigenvalue weighted by molar-refractivity contribution is 5.71. The summed E-state index contributed by atoms with van der Waals surface area (Å²) >= 11 is 0. The molecule has 0 heterocycles. The quantitative estimate of drug-likeness (QED) is 0.586. The van der Waals surface area contributed by atoms with E-state index in [4.69, 9.17) is 4.74 Å². The van der Waals surface area contributed by atoms with E-state index < -0.39 is 0 Å². The van der Waals surface area contributed by atoms with Crippen molar-refractivity contribution in [1.29, 1.82) is 0 Å². The SMILES string of the molecule is CC[C@H](C)C[C@H](C)CCC[C@@H](C)C(=O)OC. The Balaban J connectivity index is 3.61. The fourth-order valence-electron chi connectivity index (χ4n) is 2.06. The molecule has 2 heteroatoms. The minimum atomic E-state index is -0.0745. The van der Waals surface area contributed by atoms with Gasteiger partial charge in [0.15, 0.2) is 0 Å². The van der Waals surface area contributed by atoms with E-state index in [2.05, 4.69) is 20.8 Å². The number of esters is 1. The van der Waals surface area contributed by atoms with Gasteiger partial charge in [0.25, 0.3) is 0 Å². The molecule has 0 unspecified atom stereocenters. The maximum atomic E-state index is 11.2. The number of hydrogen-bond donors (Lipinski definition) is 0. The topological polar surface area (TPSA) is 26.3 Å². The van der Waals surface area contributed by atoms with Gasteiger partial charge in [-0.2, -0.15) is 0 Å². The van der Waals surface area contributed by atoms with Gasteiger partial charge in [-0.15, -0.1) is 0 Å². The summed E-state index contributed by atoms with van der Waals surface area (Å²) < 4.78 is 4.71. The van der Waals surface area contributed by atoms with Crippen molar-refractivity contribution in [2.24, 2.45) is 17.8 Å². The Morgan fingerprint density at radius 2 is 1.75 bits per heavy atom. The number of ether oxygens (including phenoxy) is 1. The number of hydrogen-bond acceptors (Lipinski definition) is 2. The number of carbonyl (C=O) groups is 1. The number of methoxy groups -OCH3 is 1. The molecule has 0 N–H and O–H groups in total. The molecule has 0 fully saturated rings. The Morgan fingerprint density at radius 3 is 2.25 bits per heavy atom. The van der Waals surface area contributed by atoms with Crippen LogP contribution < -0.4 is 0 Å². The molecule has 0 rings (SSSR count). The highest BCUT2D eigenvalue weighted by Gasteiger charge is 2.13. The molecule has 0 aliphatic carbocycles. The van der Waals surface area contributed by atoms with E-state index in [0.29, 0.717) is 0 Å². The highest BCUT2D eigenvalue weighted by atomic mass is 16.5. The fraction of sp³-hybridized carbons (Fsp3) is 0.929. The van der Waals surface area contributed by atoms with Crippen molar-refractivity contribution in [2.45, 2.75) is 59.8 Å². The van der Waals surface area contributed by atoms with Gasteiger partial charge in [0.1, 0.15) is 0 Å². The van der Waals surface area contributed by atoms with Crippen LogP contribution in [0.25, 0.3) is 0 Å². The average Bonchev–Trinajstić information content (AvgIpc) is 2.27. The summed E-state index contributed by atoms with van der Waals surface area (Å²) in [6.45, 7) is 8.82. The first-order chi connectivity index (χ1) is 7.51. The summed E-state index contributed by atoms with van der Waals surface area (Å²) in [5.41, 5.74) is 0. The first-order valence-corrected chi connectivity index (χ1v) is 6.59. The van der Waals surface area contributed by atoms with Crippen LogP contribution in [0.1, 0.15) is 59.8 Å². The molecule has 0 saturated heterocycles. The summed E-state index contributed by atoms with van der Waals surface area (Å²) in [5.74, 6) is 1.59. The van der Waals surface area contributed by atoms with Crippen molar-refractivity contribution >= 4 is 5.97 Å². The van der Waals surface area contributed by atoms with Crippen molar-refractivity contribution in [3.63, 3.8) is 0 Å². The van der Waals surface area contributed by atoms with Crippen LogP contribution in [0.5, 0.6) is 0 Å². The molecular formula is C14H28O2. The van der Waals surface area contributed by atoms with Crippen LogP contribution in [-0.2, 0) is 9.53 Å². The van der Waals surface area contributed by atoms with Crippen LogP contribution in [0.2, 0.25) is 0 Å². The van der Waals surface area contributed by atoms with Gasteiger partial charge in [-0.25, -0.2) is 0 Å². The van der Waals surface area contributed by atoms with Gasteiger partial charge in [0.05, 0.1) is 13.0 Å². The van der Waals surface area contributed by atoms with Crippen molar-refractivity contribution in [2.75, 3.05) is 7.11 Å². The van der Waals surface area contributed by atoms with E-state index in [1.165, 1.54) is 26.4 Å². The second-order valence-electron chi connectivity index (χ2n) is 5.21. The van der Waals surface area contributed by atoms with E-state index in [0.717, 1.165) is 24.7 Å². The molecule has 3 atom stereocenters. The third kappa shape index (κ3) is 6.86. The smallest absolute Gasteiger partial charge is 0.308 e. The van der Waals surface area contributed by atoms with Crippen LogP contribution in [-0.4, -0.2) is 13.1 Å². The van der Waals surface area contributed by atoms with Gasteiger partial charge >= 0.3 is 5.97 Å². The lowest BCUT2D eigenvalue weighted by Gasteiger charge is -2.16. The van der Waals surface area contributed by atoms with Gasteiger partial charge < -0.3 is 4.74 Å². The van der Waals surface area contributed by atoms with Gasteiger partial charge in [0.2, 0.25) is 0 Å². The molecule has 0 aromatic heterocycles. The largest absolute Gasteiger partial charge is 0.469 e. The van der Waals surface area contributed by atoms with E-state index in [1.54, 1.807) is 0 Å². The molecule has 0 radical (unpaired) electrons. The van der Waals surface area contributed by atoms with Gasteiger partial charge in [-0.3, -0.25) is 4.79 Å². The zero-order valence-electron chi connectivity index (χ0n) is 11.6. The third-order valence-electron chi connectivity index (χ3n) is 3.44. The predicted molar refractivity (Wildman–Crippen MR) is 68.3 cm³/mol. The standard InChI is InChI=1S/C14H28O2/c1-6-11(2)10-12(3)8-7-9-13(4)14(15)16-5/h11-13H,6-10H2,1-5H3/t11-,12+,13+/m0/s1. The Morgan fingerprint density at radius 1 is 1.12 bits per heavy atom. The summed E-state index contributed by atoms with van der Waals surface area (Å²) in [6, 6.07) is 0. The lowest BCUT2D eigenvalue weighted by Crippen LogP contribution is -2.13. The Kier molecular flexibility index (Phi) is 8.32. The van der Waals surface area contributed by atoms with Crippen LogP contribution in [0.15, 0.2) is 0 Å². The highest BCUT2D eigenvalue weighted by Crippen LogP contribution is 2.21. The Labute approximate surface area is 101 Å².